The molecule has 0 unspecified atom stereocenters. The summed E-state index contributed by atoms with van der Waals surface area (Å²) in [6.45, 7) is 0.285. The molecule has 3 rings (SSSR count). The highest BCUT2D eigenvalue weighted by Gasteiger charge is 2.28. The highest BCUT2D eigenvalue weighted by molar-refractivity contribution is 6.13. The number of hydrogen-bond donors (Lipinski definition) is 0. The SMILES string of the molecule is COc1cccc(C(=O)N2CCC(=O)c3cc(F)ccc32)c1. The van der Waals surface area contributed by atoms with Crippen molar-refractivity contribution in [2.24, 2.45) is 0 Å². The van der Waals surface area contributed by atoms with Crippen molar-refractivity contribution in [3.05, 3.63) is 59.4 Å². The monoisotopic (exact) mass is 299 g/mol. The number of ether oxygens (including phenoxy) is 1. The highest BCUT2D eigenvalue weighted by atomic mass is 19.1. The molecule has 1 heterocycles. The molecule has 0 saturated carbocycles. The van der Waals surface area contributed by atoms with Gasteiger partial charge in [-0.1, -0.05) is 6.07 Å². The molecule has 0 aliphatic carbocycles. The first-order valence-electron chi connectivity index (χ1n) is 6.89. The molecule has 0 saturated heterocycles. The van der Waals surface area contributed by atoms with Gasteiger partial charge in [-0.3, -0.25) is 9.59 Å². The summed E-state index contributed by atoms with van der Waals surface area (Å²) in [4.78, 5) is 26.1. The number of methoxy groups -OCH3 is 1. The van der Waals surface area contributed by atoms with Crippen molar-refractivity contribution in [2.75, 3.05) is 18.6 Å². The van der Waals surface area contributed by atoms with Crippen molar-refractivity contribution >= 4 is 17.4 Å². The van der Waals surface area contributed by atoms with Crippen LogP contribution in [0.1, 0.15) is 27.1 Å². The number of Topliss-reactive ketones (excluding diaryl/α,β-unsaturated/α-hetero) is 1. The molecule has 0 radical (unpaired) electrons. The minimum atomic E-state index is -0.484. The van der Waals surface area contributed by atoms with Gasteiger partial charge in [0, 0.05) is 24.1 Å². The van der Waals surface area contributed by atoms with Crippen LogP contribution in [0.25, 0.3) is 0 Å². The van der Waals surface area contributed by atoms with E-state index in [4.69, 9.17) is 4.74 Å². The van der Waals surface area contributed by atoms with Crippen LogP contribution in [-0.2, 0) is 0 Å². The molecule has 1 amide bonds. The number of carbonyl (C=O) groups excluding carboxylic acids is 2. The van der Waals surface area contributed by atoms with Crippen LogP contribution in [-0.4, -0.2) is 25.3 Å². The molecule has 0 spiro atoms. The lowest BCUT2D eigenvalue weighted by Crippen LogP contribution is -2.37. The van der Waals surface area contributed by atoms with Gasteiger partial charge in [0.1, 0.15) is 11.6 Å². The van der Waals surface area contributed by atoms with E-state index in [1.165, 1.54) is 30.2 Å². The fourth-order valence-corrected chi connectivity index (χ4v) is 2.56. The Labute approximate surface area is 127 Å². The first kappa shape index (κ1) is 14.3. The van der Waals surface area contributed by atoms with Crippen molar-refractivity contribution < 1.29 is 18.7 Å². The Morgan fingerprint density at radius 1 is 1.23 bits per heavy atom. The number of halogens is 1. The van der Waals surface area contributed by atoms with Crippen molar-refractivity contribution in [3.63, 3.8) is 0 Å². The average molecular weight is 299 g/mol. The standard InChI is InChI=1S/C17H14FNO3/c1-22-13-4-2-3-11(9-13)17(21)19-8-7-16(20)14-10-12(18)5-6-15(14)19/h2-6,9-10H,7-8H2,1H3. The first-order chi connectivity index (χ1) is 10.6. The van der Waals surface area contributed by atoms with Crippen molar-refractivity contribution in [3.8, 4) is 5.75 Å². The van der Waals surface area contributed by atoms with E-state index in [-0.39, 0.29) is 30.2 Å². The summed E-state index contributed by atoms with van der Waals surface area (Å²) in [5, 5.41) is 0. The normalized spacial score (nSPS) is 13.7. The van der Waals surface area contributed by atoms with Crippen LogP contribution < -0.4 is 9.64 Å². The Morgan fingerprint density at radius 2 is 2.05 bits per heavy atom. The smallest absolute Gasteiger partial charge is 0.258 e. The number of fused-ring (bicyclic) bond motifs is 1. The second kappa shape index (κ2) is 5.60. The van der Waals surface area contributed by atoms with Crippen LogP contribution in [0, 0.1) is 5.82 Å². The molecular formula is C17H14FNO3. The predicted octanol–water partition coefficient (Wildman–Crippen LogP) is 3.07. The maximum absolute atomic E-state index is 13.3. The molecule has 5 heteroatoms. The Hall–Kier alpha value is -2.69. The molecular weight excluding hydrogens is 285 g/mol. The summed E-state index contributed by atoms with van der Waals surface area (Å²) < 4.78 is 18.5. The minimum Gasteiger partial charge on any atom is -0.497 e. The average Bonchev–Trinajstić information content (AvgIpc) is 2.55. The lowest BCUT2D eigenvalue weighted by atomic mass is 9.99. The number of benzene rings is 2. The van der Waals surface area contributed by atoms with E-state index in [1.807, 2.05) is 0 Å². The fraction of sp³-hybridized carbons (Fsp3) is 0.176. The summed E-state index contributed by atoms with van der Waals surface area (Å²) in [6.07, 6.45) is 0.187. The third kappa shape index (κ3) is 2.45. The zero-order chi connectivity index (χ0) is 15.7. The molecule has 1 aliphatic rings. The summed E-state index contributed by atoms with van der Waals surface area (Å²) in [5.74, 6) is -0.288. The predicted molar refractivity (Wildman–Crippen MR) is 80.0 cm³/mol. The molecule has 112 valence electrons. The number of carbonyl (C=O) groups is 2. The lowest BCUT2D eigenvalue weighted by Gasteiger charge is -2.28. The second-order valence-electron chi connectivity index (χ2n) is 5.02. The van der Waals surface area contributed by atoms with Crippen molar-refractivity contribution in [2.45, 2.75) is 6.42 Å². The van der Waals surface area contributed by atoms with Crippen LogP contribution in [0.5, 0.6) is 5.75 Å². The van der Waals surface area contributed by atoms with Crippen LogP contribution >= 0.6 is 0 Å². The van der Waals surface area contributed by atoms with E-state index in [0.29, 0.717) is 17.0 Å². The number of anilines is 1. The molecule has 0 N–H and O–H groups in total. The molecule has 2 aromatic rings. The van der Waals surface area contributed by atoms with E-state index in [0.717, 1.165) is 0 Å². The lowest BCUT2D eigenvalue weighted by molar-refractivity contribution is 0.0954. The van der Waals surface area contributed by atoms with Gasteiger partial charge in [0.15, 0.2) is 5.78 Å². The van der Waals surface area contributed by atoms with Gasteiger partial charge >= 0.3 is 0 Å². The van der Waals surface area contributed by atoms with E-state index in [9.17, 15) is 14.0 Å². The molecule has 0 bridgehead atoms. The van der Waals surface area contributed by atoms with Gasteiger partial charge in [-0.05, 0) is 36.4 Å². The molecule has 0 fully saturated rings. The molecule has 4 nitrogen and oxygen atoms in total. The molecule has 2 aromatic carbocycles. The molecule has 0 aromatic heterocycles. The van der Waals surface area contributed by atoms with Crippen LogP contribution in [0.3, 0.4) is 0 Å². The Bertz CT molecular complexity index is 757. The van der Waals surface area contributed by atoms with Gasteiger partial charge in [0.2, 0.25) is 0 Å². The van der Waals surface area contributed by atoms with Crippen molar-refractivity contribution in [1.29, 1.82) is 0 Å². The number of hydrogen-bond acceptors (Lipinski definition) is 3. The third-order valence-electron chi connectivity index (χ3n) is 3.67. The van der Waals surface area contributed by atoms with Gasteiger partial charge in [-0.2, -0.15) is 0 Å². The van der Waals surface area contributed by atoms with Gasteiger partial charge in [-0.15, -0.1) is 0 Å². The van der Waals surface area contributed by atoms with Gasteiger partial charge < -0.3 is 9.64 Å². The minimum absolute atomic E-state index is 0.149. The fourth-order valence-electron chi connectivity index (χ4n) is 2.56. The van der Waals surface area contributed by atoms with Gasteiger partial charge in [0.05, 0.1) is 12.8 Å². The van der Waals surface area contributed by atoms with Gasteiger partial charge in [0.25, 0.3) is 5.91 Å². The topological polar surface area (TPSA) is 46.6 Å². The van der Waals surface area contributed by atoms with Crippen molar-refractivity contribution in [1.82, 2.24) is 0 Å². The summed E-state index contributed by atoms with van der Waals surface area (Å²) >= 11 is 0. The van der Waals surface area contributed by atoms with E-state index in [1.54, 1.807) is 24.3 Å². The van der Waals surface area contributed by atoms with Crippen LogP contribution in [0.4, 0.5) is 10.1 Å². The number of amides is 1. The molecule has 1 aliphatic heterocycles. The summed E-state index contributed by atoms with van der Waals surface area (Å²) in [6, 6.07) is 10.7. The summed E-state index contributed by atoms with van der Waals surface area (Å²) in [5.41, 5.74) is 1.16. The van der Waals surface area contributed by atoms with E-state index in [2.05, 4.69) is 0 Å². The van der Waals surface area contributed by atoms with Crippen LogP contribution in [0.2, 0.25) is 0 Å². The first-order valence-corrected chi connectivity index (χ1v) is 6.89. The zero-order valence-corrected chi connectivity index (χ0v) is 12.0. The number of ketones is 1. The highest BCUT2D eigenvalue weighted by Crippen LogP contribution is 2.29. The maximum atomic E-state index is 13.3. The maximum Gasteiger partial charge on any atom is 0.258 e. The zero-order valence-electron chi connectivity index (χ0n) is 12.0. The Balaban J connectivity index is 2.00. The Kier molecular flexibility index (Phi) is 3.63. The molecule has 22 heavy (non-hydrogen) atoms. The van der Waals surface area contributed by atoms with Gasteiger partial charge in [-0.25, -0.2) is 4.39 Å². The third-order valence-corrected chi connectivity index (χ3v) is 3.67. The Morgan fingerprint density at radius 3 is 2.82 bits per heavy atom. The van der Waals surface area contributed by atoms with E-state index >= 15 is 0 Å². The van der Waals surface area contributed by atoms with E-state index < -0.39 is 5.82 Å². The van der Waals surface area contributed by atoms with Crippen LogP contribution in [0.15, 0.2) is 42.5 Å². The number of nitrogens with zero attached hydrogens (tertiary/aromatic N) is 1. The number of rotatable bonds is 2. The summed E-state index contributed by atoms with van der Waals surface area (Å²) in [7, 11) is 1.53. The molecule has 0 atom stereocenters. The largest absolute Gasteiger partial charge is 0.497 e. The quantitative estimate of drug-likeness (QED) is 0.856. The second-order valence-corrected chi connectivity index (χ2v) is 5.02.